The molecule has 1 aromatic carbocycles. The van der Waals surface area contributed by atoms with Gasteiger partial charge in [-0.15, -0.1) is 0 Å². The molecule has 1 fully saturated rings. The molecule has 2 nitrogen and oxygen atoms in total. The van der Waals surface area contributed by atoms with Gasteiger partial charge in [-0.25, -0.2) is 0 Å². The molecule has 0 aromatic heterocycles. The van der Waals surface area contributed by atoms with Crippen molar-refractivity contribution in [2.75, 3.05) is 32.7 Å². The van der Waals surface area contributed by atoms with E-state index < -0.39 is 0 Å². The number of hydrogen-bond acceptors (Lipinski definition) is 2. The summed E-state index contributed by atoms with van der Waals surface area (Å²) >= 11 is 0. The minimum atomic E-state index is 0.739. The molecule has 1 heterocycles. The SMILES string of the molecule is CC(C)CNCC(C)CN1CCC(c2ccccc2)C1. The summed E-state index contributed by atoms with van der Waals surface area (Å²) in [5.74, 6) is 2.23. The van der Waals surface area contributed by atoms with Crippen LogP contribution in [0.2, 0.25) is 0 Å². The average Bonchev–Trinajstić information content (AvgIpc) is 2.88. The Hall–Kier alpha value is -0.860. The molecule has 112 valence electrons. The van der Waals surface area contributed by atoms with Crippen molar-refractivity contribution in [1.82, 2.24) is 10.2 Å². The Morgan fingerprint density at radius 1 is 1.15 bits per heavy atom. The topological polar surface area (TPSA) is 15.3 Å². The van der Waals surface area contributed by atoms with Gasteiger partial charge in [0.2, 0.25) is 0 Å². The van der Waals surface area contributed by atoms with E-state index in [1.165, 1.54) is 31.6 Å². The molecule has 20 heavy (non-hydrogen) atoms. The lowest BCUT2D eigenvalue weighted by atomic mass is 9.99. The van der Waals surface area contributed by atoms with Gasteiger partial charge in [0.15, 0.2) is 0 Å². The fourth-order valence-electron chi connectivity index (χ4n) is 3.12. The van der Waals surface area contributed by atoms with E-state index in [0.29, 0.717) is 0 Å². The van der Waals surface area contributed by atoms with E-state index in [4.69, 9.17) is 0 Å². The molecule has 0 amide bonds. The summed E-state index contributed by atoms with van der Waals surface area (Å²) in [5.41, 5.74) is 1.51. The van der Waals surface area contributed by atoms with E-state index in [9.17, 15) is 0 Å². The number of benzene rings is 1. The van der Waals surface area contributed by atoms with Crippen molar-refractivity contribution < 1.29 is 0 Å². The molecule has 0 radical (unpaired) electrons. The van der Waals surface area contributed by atoms with Crippen LogP contribution in [-0.2, 0) is 0 Å². The van der Waals surface area contributed by atoms with Crippen LogP contribution in [0.4, 0.5) is 0 Å². The first kappa shape index (κ1) is 15.5. The second-order valence-electron chi connectivity index (χ2n) is 6.81. The molecule has 0 spiro atoms. The number of hydrogen-bond donors (Lipinski definition) is 1. The van der Waals surface area contributed by atoms with E-state index in [2.05, 4.69) is 61.3 Å². The first-order valence-electron chi connectivity index (χ1n) is 8.13. The molecule has 1 aromatic rings. The van der Waals surface area contributed by atoms with Gasteiger partial charge < -0.3 is 10.2 Å². The summed E-state index contributed by atoms with van der Waals surface area (Å²) in [6.45, 7) is 12.9. The van der Waals surface area contributed by atoms with Crippen LogP contribution in [0.15, 0.2) is 30.3 Å². The van der Waals surface area contributed by atoms with Gasteiger partial charge in [0.25, 0.3) is 0 Å². The van der Waals surface area contributed by atoms with Crippen LogP contribution < -0.4 is 5.32 Å². The quantitative estimate of drug-likeness (QED) is 0.820. The third kappa shape index (κ3) is 4.92. The fourth-order valence-corrected chi connectivity index (χ4v) is 3.12. The highest BCUT2D eigenvalue weighted by molar-refractivity contribution is 5.20. The highest BCUT2D eigenvalue weighted by Crippen LogP contribution is 2.27. The van der Waals surface area contributed by atoms with Gasteiger partial charge in [-0.2, -0.15) is 0 Å². The molecule has 1 aliphatic rings. The monoisotopic (exact) mass is 274 g/mol. The lowest BCUT2D eigenvalue weighted by Gasteiger charge is -2.21. The Balaban J connectivity index is 1.70. The van der Waals surface area contributed by atoms with Crippen LogP contribution in [0, 0.1) is 11.8 Å². The lowest BCUT2D eigenvalue weighted by molar-refractivity contribution is 0.278. The predicted molar refractivity (Wildman–Crippen MR) is 87.1 cm³/mol. The molecule has 1 N–H and O–H groups in total. The van der Waals surface area contributed by atoms with Crippen molar-refractivity contribution >= 4 is 0 Å². The normalized spacial score (nSPS) is 21.5. The predicted octanol–water partition coefficient (Wildman–Crippen LogP) is 3.36. The summed E-state index contributed by atoms with van der Waals surface area (Å²) in [6.07, 6.45) is 1.32. The summed E-state index contributed by atoms with van der Waals surface area (Å²) in [5, 5.41) is 3.57. The highest BCUT2D eigenvalue weighted by atomic mass is 15.1. The Bertz CT molecular complexity index is 374. The zero-order chi connectivity index (χ0) is 14.4. The van der Waals surface area contributed by atoms with Gasteiger partial charge in [0.1, 0.15) is 0 Å². The second-order valence-corrected chi connectivity index (χ2v) is 6.81. The summed E-state index contributed by atoms with van der Waals surface area (Å²) < 4.78 is 0. The maximum absolute atomic E-state index is 3.57. The van der Waals surface area contributed by atoms with E-state index in [1.807, 2.05) is 0 Å². The van der Waals surface area contributed by atoms with Crippen LogP contribution >= 0.6 is 0 Å². The van der Waals surface area contributed by atoms with Crippen LogP contribution in [0.25, 0.3) is 0 Å². The average molecular weight is 274 g/mol. The van der Waals surface area contributed by atoms with Gasteiger partial charge in [-0.3, -0.25) is 0 Å². The van der Waals surface area contributed by atoms with Crippen LogP contribution in [0.1, 0.15) is 38.7 Å². The summed E-state index contributed by atoms with van der Waals surface area (Å²) in [6, 6.07) is 11.0. The molecule has 2 rings (SSSR count). The molecule has 2 atom stereocenters. The Morgan fingerprint density at radius 3 is 2.60 bits per heavy atom. The second kappa shape index (κ2) is 7.80. The van der Waals surface area contributed by atoms with Crippen molar-refractivity contribution in [2.45, 2.75) is 33.1 Å². The minimum absolute atomic E-state index is 0.739. The molecule has 1 saturated heterocycles. The first-order valence-corrected chi connectivity index (χ1v) is 8.13. The van der Waals surface area contributed by atoms with E-state index in [1.54, 1.807) is 0 Å². The van der Waals surface area contributed by atoms with Crippen LogP contribution in [0.5, 0.6) is 0 Å². The van der Waals surface area contributed by atoms with Crippen molar-refractivity contribution in [3.8, 4) is 0 Å². The number of nitrogens with one attached hydrogen (secondary N) is 1. The third-order valence-corrected chi connectivity index (χ3v) is 4.16. The van der Waals surface area contributed by atoms with Crippen LogP contribution in [-0.4, -0.2) is 37.6 Å². The van der Waals surface area contributed by atoms with Crippen molar-refractivity contribution in [3.63, 3.8) is 0 Å². The van der Waals surface area contributed by atoms with Gasteiger partial charge in [-0.1, -0.05) is 51.1 Å². The summed E-state index contributed by atoms with van der Waals surface area (Å²) in [4.78, 5) is 2.64. The smallest absolute Gasteiger partial charge is 0.00509 e. The Morgan fingerprint density at radius 2 is 1.90 bits per heavy atom. The van der Waals surface area contributed by atoms with E-state index in [0.717, 1.165) is 30.8 Å². The Labute approximate surface area is 124 Å². The van der Waals surface area contributed by atoms with Gasteiger partial charge in [-0.05, 0) is 49.4 Å². The van der Waals surface area contributed by atoms with Crippen molar-refractivity contribution in [3.05, 3.63) is 35.9 Å². The minimum Gasteiger partial charge on any atom is -0.316 e. The lowest BCUT2D eigenvalue weighted by Crippen LogP contribution is -2.33. The fraction of sp³-hybridized carbons (Fsp3) is 0.667. The zero-order valence-electron chi connectivity index (χ0n) is 13.3. The molecule has 1 aliphatic heterocycles. The number of rotatable bonds is 7. The van der Waals surface area contributed by atoms with Crippen molar-refractivity contribution in [1.29, 1.82) is 0 Å². The van der Waals surface area contributed by atoms with Crippen molar-refractivity contribution in [2.24, 2.45) is 11.8 Å². The van der Waals surface area contributed by atoms with Gasteiger partial charge in [0, 0.05) is 13.1 Å². The third-order valence-electron chi connectivity index (χ3n) is 4.16. The molecular weight excluding hydrogens is 244 g/mol. The maximum Gasteiger partial charge on any atom is 0.00509 e. The summed E-state index contributed by atoms with van der Waals surface area (Å²) in [7, 11) is 0. The largest absolute Gasteiger partial charge is 0.316 e. The molecule has 0 saturated carbocycles. The number of likely N-dealkylation sites (tertiary alicyclic amines) is 1. The van der Waals surface area contributed by atoms with Gasteiger partial charge in [0.05, 0.1) is 0 Å². The highest BCUT2D eigenvalue weighted by Gasteiger charge is 2.24. The maximum atomic E-state index is 3.57. The zero-order valence-corrected chi connectivity index (χ0v) is 13.3. The van der Waals surface area contributed by atoms with E-state index >= 15 is 0 Å². The molecule has 0 bridgehead atoms. The van der Waals surface area contributed by atoms with Crippen LogP contribution in [0.3, 0.4) is 0 Å². The molecule has 2 heteroatoms. The Kier molecular flexibility index (Phi) is 6.06. The molecule has 0 aliphatic carbocycles. The van der Waals surface area contributed by atoms with Gasteiger partial charge >= 0.3 is 0 Å². The number of nitrogens with zero attached hydrogens (tertiary/aromatic N) is 1. The molecular formula is C18H30N2. The molecule has 2 unspecified atom stereocenters. The first-order chi connectivity index (χ1) is 9.65. The standard InChI is InChI=1S/C18H30N2/c1-15(2)11-19-12-16(3)13-20-10-9-18(14-20)17-7-5-4-6-8-17/h4-8,15-16,18-19H,9-14H2,1-3H3. The van der Waals surface area contributed by atoms with E-state index in [-0.39, 0.29) is 0 Å².